The summed E-state index contributed by atoms with van der Waals surface area (Å²) >= 11 is 0. The van der Waals surface area contributed by atoms with E-state index in [4.69, 9.17) is 4.74 Å². The minimum atomic E-state index is 0.420. The van der Waals surface area contributed by atoms with E-state index >= 15 is 0 Å². The molecule has 0 unspecified atom stereocenters. The van der Waals surface area contributed by atoms with Gasteiger partial charge in [-0.2, -0.15) is 0 Å². The van der Waals surface area contributed by atoms with Gasteiger partial charge in [-0.25, -0.2) is 0 Å². The summed E-state index contributed by atoms with van der Waals surface area (Å²) in [6.07, 6.45) is 11.4. The average Bonchev–Trinajstić information content (AvgIpc) is 2.58. The van der Waals surface area contributed by atoms with Gasteiger partial charge in [-0.15, -0.1) is 0 Å². The zero-order valence-corrected chi connectivity index (χ0v) is 14.6. The van der Waals surface area contributed by atoms with Crippen molar-refractivity contribution in [3.63, 3.8) is 0 Å². The van der Waals surface area contributed by atoms with Crippen LogP contribution in [0.3, 0.4) is 0 Å². The summed E-state index contributed by atoms with van der Waals surface area (Å²) < 4.78 is 5.51. The zero-order valence-electron chi connectivity index (χ0n) is 14.6. The van der Waals surface area contributed by atoms with Gasteiger partial charge in [-0.3, -0.25) is 0 Å². The van der Waals surface area contributed by atoms with Crippen LogP contribution in [0, 0.1) is 11.8 Å². The van der Waals surface area contributed by atoms with Gasteiger partial charge >= 0.3 is 0 Å². The van der Waals surface area contributed by atoms with Crippen LogP contribution in [0.4, 0.5) is 0 Å². The number of likely N-dealkylation sites (tertiary alicyclic amines) is 1. The topological polar surface area (TPSA) is 12.5 Å². The zero-order chi connectivity index (χ0) is 15.7. The van der Waals surface area contributed by atoms with Crippen molar-refractivity contribution < 1.29 is 4.74 Å². The summed E-state index contributed by atoms with van der Waals surface area (Å²) in [5.41, 5.74) is 1.97. The van der Waals surface area contributed by atoms with Crippen LogP contribution in [-0.4, -0.2) is 31.6 Å². The molecule has 0 radical (unpaired) electrons. The van der Waals surface area contributed by atoms with Gasteiger partial charge in [0.2, 0.25) is 0 Å². The molecule has 0 spiro atoms. The molecule has 3 fully saturated rings. The lowest BCUT2D eigenvalue weighted by Gasteiger charge is -2.52. The molecule has 4 rings (SSSR count). The Bertz CT molecular complexity index is 538. The molecule has 0 bridgehead atoms. The summed E-state index contributed by atoms with van der Waals surface area (Å²) in [5.74, 6) is 2.87. The Morgan fingerprint density at radius 2 is 2.04 bits per heavy atom. The molecule has 2 nitrogen and oxygen atoms in total. The third-order valence-corrected chi connectivity index (χ3v) is 6.95. The maximum absolute atomic E-state index is 5.51. The average molecular weight is 313 g/mol. The second kappa shape index (κ2) is 6.47. The van der Waals surface area contributed by atoms with Crippen LogP contribution in [0.15, 0.2) is 24.3 Å². The number of fused-ring (bicyclic) bond motifs is 1. The van der Waals surface area contributed by atoms with Crippen LogP contribution in [0.5, 0.6) is 5.75 Å². The van der Waals surface area contributed by atoms with Gasteiger partial charge in [0.05, 0.1) is 7.11 Å². The molecule has 2 heteroatoms. The molecule has 1 aliphatic heterocycles. The van der Waals surface area contributed by atoms with Gasteiger partial charge in [-0.05, 0) is 68.2 Å². The number of hydrogen-bond donors (Lipinski definition) is 0. The molecule has 1 aromatic carbocycles. The monoisotopic (exact) mass is 313 g/mol. The van der Waals surface area contributed by atoms with Crippen LogP contribution in [0.2, 0.25) is 0 Å². The third-order valence-electron chi connectivity index (χ3n) is 6.95. The van der Waals surface area contributed by atoms with Crippen molar-refractivity contribution in [3.05, 3.63) is 29.8 Å². The molecule has 0 N–H and O–H groups in total. The van der Waals surface area contributed by atoms with Crippen LogP contribution in [0.1, 0.15) is 56.9 Å². The molecular weight excluding hydrogens is 282 g/mol. The number of piperidine rings is 1. The highest BCUT2D eigenvalue weighted by molar-refractivity contribution is 5.35. The van der Waals surface area contributed by atoms with Crippen LogP contribution >= 0.6 is 0 Å². The predicted molar refractivity (Wildman–Crippen MR) is 95.0 cm³/mol. The quantitative estimate of drug-likeness (QED) is 0.803. The summed E-state index contributed by atoms with van der Waals surface area (Å²) in [5, 5.41) is 0. The Morgan fingerprint density at radius 3 is 2.83 bits per heavy atom. The normalized spacial score (nSPS) is 32.1. The van der Waals surface area contributed by atoms with E-state index in [1.165, 1.54) is 71.0 Å². The van der Waals surface area contributed by atoms with E-state index in [-0.39, 0.29) is 0 Å². The SMILES string of the molecule is COc1cccc([C@@]23CCCC[C@@H]2CN(CC2CCC2)CC3)c1. The number of nitrogens with zero attached hydrogens (tertiary/aromatic N) is 1. The summed E-state index contributed by atoms with van der Waals surface area (Å²) in [6, 6.07) is 8.96. The summed E-state index contributed by atoms with van der Waals surface area (Å²) in [7, 11) is 1.79. The van der Waals surface area contributed by atoms with Crippen molar-refractivity contribution in [2.24, 2.45) is 11.8 Å². The van der Waals surface area contributed by atoms with E-state index in [1.807, 2.05) is 0 Å². The largest absolute Gasteiger partial charge is 0.497 e. The number of benzene rings is 1. The molecule has 1 heterocycles. The minimum Gasteiger partial charge on any atom is -0.497 e. The van der Waals surface area contributed by atoms with E-state index < -0.39 is 0 Å². The van der Waals surface area contributed by atoms with Crippen molar-refractivity contribution in [1.29, 1.82) is 0 Å². The predicted octanol–water partition coefficient (Wildman–Crippen LogP) is 4.63. The first-order chi connectivity index (χ1) is 11.3. The molecule has 0 aromatic heterocycles. The Kier molecular flexibility index (Phi) is 4.36. The number of ether oxygens (including phenoxy) is 1. The third kappa shape index (κ3) is 2.91. The Morgan fingerprint density at radius 1 is 1.13 bits per heavy atom. The Labute approximate surface area is 141 Å². The maximum Gasteiger partial charge on any atom is 0.119 e. The smallest absolute Gasteiger partial charge is 0.119 e. The van der Waals surface area contributed by atoms with E-state index in [1.54, 1.807) is 12.7 Å². The first-order valence-electron chi connectivity index (χ1n) is 9.67. The molecular formula is C21H31NO. The highest BCUT2D eigenvalue weighted by atomic mass is 16.5. The Balaban J connectivity index is 1.55. The van der Waals surface area contributed by atoms with Gasteiger partial charge in [0.1, 0.15) is 5.75 Å². The highest BCUT2D eigenvalue weighted by Crippen LogP contribution is 2.49. The molecule has 126 valence electrons. The molecule has 3 aliphatic rings. The first kappa shape index (κ1) is 15.5. The lowest BCUT2D eigenvalue weighted by atomic mass is 9.59. The van der Waals surface area contributed by atoms with Crippen molar-refractivity contribution in [2.75, 3.05) is 26.7 Å². The van der Waals surface area contributed by atoms with E-state index in [0.29, 0.717) is 5.41 Å². The van der Waals surface area contributed by atoms with Gasteiger partial charge in [0.25, 0.3) is 0 Å². The van der Waals surface area contributed by atoms with Gasteiger partial charge in [0.15, 0.2) is 0 Å². The number of rotatable bonds is 4. The van der Waals surface area contributed by atoms with Crippen LogP contribution in [0.25, 0.3) is 0 Å². The maximum atomic E-state index is 5.51. The van der Waals surface area contributed by atoms with Crippen molar-refractivity contribution in [3.8, 4) is 5.75 Å². The fourth-order valence-corrected chi connectivity index (χ4v) is 5.33. The van der Waals surface area contributed by atoms with Gasteiger partial charge in [-0.1, -0.05) is 31.4 Å². The molecule has 1 saturated heterocycles. The van der Waals surface area contributed by atoms with Gasteiger partial charge < -0.3 is 9.64 Å². The van der Waals surface area contributed by atoms with Crippen molar-refractivity contribution >= 4 is 0 Å². The lowest BCUT2D eigenvalue weighted by molar-refractivity contribution is 0.0392. The molecule has 23 heavy (non-hydrogen) atoms. The molecule has 2 aliphatic carbocycles. The molecule has 2 atom stereocenters. The van der Waals surface area contributed by atoms with E-state index in [0.717, 1.165) is 17.6 Å². The van der Waals surface area contributed by atoms with E-state index in [2.05, 4.69) is 29.2 Å². The fraction of sp³-hybridized carbons (Fsp3) is 0.714. The van der Waals surface area contributed by atoms with Gasteiger partial charge in [0, 0.05) is 18.5 Å². The van der Waals surface area contributed by atoms with Crippen LogP contribution in [-0.2, 0) is 5.41 Å². The highest BCUT2D eigenvalue weighted by Gasteiger charge is 2.45. The standard InChI is InChI=1S/C21H31NO/c1-23-20-10-5-9-18(14-20)21-11-3-2-8-19(21)16-22(13-12-21)15-17-6-4-7-17/h5,9-10,14,17,19H,2-4,6-8,11-13,15-16H2,1H3/t19-,21+/m1/s1. The molecule has 1 aromatic rings. The van der Waals surface area contributed by atoms with Crippen LogP contribution < -0.4 is 4.74 Å². The number of methoxy groups -OCH3 is 1. The van der Waals surface area contributed by atoms with Crippen molar-refractivity contribution in [1.82, 2.24) is 4.90 Å². The summed E-state index contributed by atoms with van der Waals surface area (Å²) in [4.78, 5) is 2.79. The minimum absolute atomic E-state index is 0.420. The number of hydrogen-bond acceptors (Lipinski definition) is 2. The second-order valence-electron chi connectivity index (χ2n) is 8.14. The fourth-order valence-electron chi connectivity index (χ4n) is 5.33. The Hall–Kier alpha value is -1.02. The second-order valence-corrected chi connectivity index (χ2v) is 8.14. The van der Waals surface area contributed by atoms with E-state index in [9.17, 15) is 0 Å². The molecule has 2 saturated carbocycles. The molecule has 0 amide bonds. The first-order valence-corrected chi connectivity index (χ1v) is 9.67. The summed E-state index contributed by atoms with van der Waals surface area (Å²) in [6.45, 7) is 3.99. The lowest BCUT2D eigenvalue weighted by Crippen LogP contribution is -2.52. The van der Waals surface area contributed by atoms with Crippen molar-refractivity contribution in [2.45, 2.75) is 56.8 Å².